The molecule has 1 aliphatic carbocycles. The number of benzene rings is 2. The summed E-state index contributed by atoms with van der Waals surface area (Å²) in [7, 11) is -3.41. The van der Waals surface area contributed by atoms with E-state index in [1.54, 1.807) is 18.2 Å². The summed E-state index contributed by atoms with van der Waals surface area (Å²) < 4.78 is 26.4. The van der Waals surface area contributed by atoms with Gasteiger partial charge in [-0.15, -0.1) is 0 Å². The smallest absolute Gasteiger partial charge is 0.251 e. The number of rotatable bonds is 3. The highest BCUT2D eigenvalue weighted by molar-refractivity contribution is 7.92. The third-order valence-corrected chi connectivity index (χ3v) is 8.42. The molecular formula is C23H24ClN3O3S. The average Bonchev–Trinajstić information content (AvgIpc) is 3.14. The van der Waals surface area contributed by atoms with Crippen molar-refractivity contribution in [3.8, 4) is 0 Å². The van der Waals surface area contributed by atoms with Crippen molar-refractivity contribution in [3.05, 3.63) is 64.3 Å². The molecule has 1 aliphatic heterocycles. The maximum absolute atomic E-state index is 13.1. The number of hydrogen-bond acceptors (Lipinski definition) is 3. The van der Waals surface area contributed by atoms with Gasteiger partial charge in [-0.1, -0.05) is 29.8 Å². The molecule has 162 valence electrons. The number of H-pyrrole nitrogens is 1. The summed E-state index contributed by atoms with van der Waals surface area (Å²) in [4.78, 5) is 16.6. The van der Waals surface area contributed by atoms with Gasteiger partial charge in [-0.25, -0.2) is 8.42 Å². The minimum Gasteiger partial charge on any atom is -0.356 e. The van der Waals surface area contributed by atoms with Gasteiger partial charge in [0.05, 0.1) is 22.5 Å². The Morgan fingerprint density at radius 1 is 1.13 bits per heavy atom. The Bertz CT molecular complexity index is 1270. The zero-order valence-corrected chi connectivity index (χ0v) is 18.6. The van der Waals surface area contributed by atoms with Crippen molar-refractivity contribution in [2.24, 2.45) is 0 Å². The van der Waals surface area contributed by atoms with E-state index >= 15 is 0 Å². The summed E-state index contributed by atoms with van der Waals surface area (Å²) in [5.41, 5.74) is 4.20. The van der Waals surface area contributed by atoms with Crippen LogP contribution in [0.3, 0.4) is 0 Å². The van der Waals surface area contributed by atoms with Gasteiger partial charge in [0, 0.05) is 28.7 Å². The van der Waals surface area contributed by atoms with Crippen molar-refractivity contribution in [2.75, 3.05) is 16.6 Å². The molecular weight excluding hydrogens is 434 g/mol. The molecule has 31 heavy (non-hydrogen) atoms. The maximum atomic E-state index is 13.1. The quantitative estimate of drug-likeness (QED) is 0.604. The molecule has 5 rings (SSSR count). The van der Waals surface area contributed by atoms with Gasteiger partial charge in [0.2, 0.25) is 10.0 Å². The number of carbonyl (C=O) groups excluding carboxylic acids is 1. The second-order valence-corrected chi connectivity index (χ2v) is 10.7. The normalized spacial score (nSPS) is 20.4. The van der Waals surface area contributed by atoms with Crippen molar-refractivity contribution in [1.29, 1.82) is 0 Å². The molecule has 8 heteroatoms. The topological polar surface area (TPSA) is 82.3 Å². The highest BCUT2D eigenvalue weighted by Gasteiger charge is 2.29. The van der Waals surface area contributed by atoms with Gasteiger partial charge in [0.1, 0.15) is 0 Å². The molecule has 1 aromatic heterocycles. The summed E-state index contributed by atoms with van der Waals surface area (Å²) in [6, 6.07) is 12.9. The third-order valence-electron chi connectivity index (χ3n) is 6.25. The van der Waals surface area contributed by atoms with Crippen molar-refractivity contribution in [2.45, 2.75) is 38.1 Å². The fourth-order valence-corrected chi connectivity index (χ4v) is 6.62. The third kappa shape index (κ3) is 3.70. The van der Waals surface area contributed by atoms with Crippen LogP contribution >= 0.6 is 11.6 Å². The number of carbonyl (C=O) groups is 1. The van der Waals surface area contributed by atoms with Gasteiger partial charge in [-0.05, 0) is 61.9 Å². The number of hydrogen-bond donors (Lipinski definition) is 2. The number of halogens is 1. The number of fused-ring (bicyclic) bond motifs is 3. The summed E-state index contributed by atoms with van der Waals surface area (Å²) in [5, 5.41) is 4.68. The lowest BCUT2D eigenvalue weighted by Gasteiger charge is -2.29. The molecule has 0 radical (unpaired) electrons. The van der Waals surface area contributed by atoms with Gasteiger partial charge in [0.25, 0.3) is 5.91 Å². The molecule has 2 heterocycles. The second-order valence-electron chi connectivity index (χ2n) is 8.24. The highest BCUT2D eigenvalue weighted by Crippen LogP contribution is 2.35. The molecule has 6 nitrogen and oxygen atoms in total. The first-order chi connectivity index (χ1) is 14.9. The van der Waals surface area contributed by atoms with Crippen LogP contribution in [0.2, 0.25) is 5.02 Å². The Hall–Kier alpha value is -2.51. The van der Waals surface area contributed by atoms with E-state index in [4.69, 9.17) is 11.6 Å². The van der Waals surface area contributed by atoms with Gasteiger partial charge >= 0.3 is 0 Å². The summed E-state index contributed by atoms with van der Waals surface area (Å²) in [6.07, 6.45) is 4.26. The van der Waals surface area contributed by atoms with E-state index in [9.17, 15) is 13.2 Å². The van der Waals surface area contributed by atoms with Gasteiger partial charge < -0.3 is 10.3 Å². The Kier molecular flexibility index (Phi) is 5.18. The summed E-state index contributed by atoms with van der Waals surface area (Å²) >= 11 is 6.32. The zero-order chi connectivity index (χ0) is 21.6. The number of nitrogens with zero attached hydrogens (tertiary/aromatic N) is 1. The average molecular weight is 458 g/mol. The molecule has 2 aliphatic rings. The second kappa shape index (κ2) is 7.88. The molecule has 0 spiro atoms. The first-order valence-corrected chi connectivity index (χ1v) is 12.6. The van der Waals surface area contributed by atoms with Crippen molar-refractivity contribution in [1.82, 2.24) is 10.3 Å². The first kappa shape index (κ1) is 20.4. The summed E-state index contributed by atoms with van der Waals surface area (Å²) in [6.45, 7) is 0.383. The number of nitrogens with one attached hydrogen (secondary N) is 2. The van der Waals surface area contributed by atoms with E-state index in [1.165, 1.54) is 15.3 Å². The largest absolute Gasteiger partial charge is 0.356 e. The first-order valence-electron chi connectivity index (χ1n) is 10.6. The van der Waals surface area contributed by atoms with E-state index in [-0.39, 0.29) is 17.7 Å². The van der Waals surface area contributed by atoms with Crippen LogP contribution in [-0.2, 0) is 16.4 Å². The lowest BCUT2D eigenvalue weighted by Crippen LogP contribution is -2.38. The van der Waals surface area contributed by atoms with Crippen molar-refractivity contribution >= 4 is 44.1 Å². The fourth-order valence-electron chi connectivity index (χ4n) is 4.71. The number of aromatic nitrogens is 1. The Labute approximate surface area is 186 Å². The number of aromatic amines is 1. The van der Waals surface area contributed by atoms with Gasteiger partial charge in [0.15, 0.2) is 0 Å². The van der Waals surface area contributed by atoms with Crippen LogP contribution in [0.5, 0.6) is 0 Å². The zero-order valence-electron chi connectivity index (χ0n) is 17.0. The minimum absolute atomic E-state index is 0.102. The Morgan fingerprint density at radius 3 is 2.81 bits per heavy atom. The monoisotopic (exact) mass is 457 g/mol. The van der Waals surface area contributed by atoms with Crippen LogP contribution in [0.1, 0.15) is 53.3 Å². The fraction of sp³-hybridized carbons (Fsp3) is 0.348. The van der Waals surface area contributed by atoms with Crippen molar-refractivity contribution < 1.29 is 13.2 Å². The summed E-state index contributed by atoms with van der Waals surface area (Å²) in [5.74, 6) is -0.130. The molecule has 2 N–H and O–H groups in total. The lowest BCUT2D eigenvalue weighted by molar-refractivity contribution is 0.0932. The molecule has 1 amide bonds. The Morgan fingerprint density at radius 2 is 1.97 bits per heavy atom. The lowest BCUT2D eigenvalue weighted by atomic mass is 9.91. The van der Waals surface area contributed by atoms with Gasteiger partial charge in [-0.2, -0.15) is 0 Å². The number of para-hydroxylation sites is 1. The van der Waals surface area contributed by atoms with E-state index < -0.39 is 10.0 Å². The SMILES string of the molecule is O=C(NC1CCCc2c1[nH]c1ccccc21)c1ccc(Cl)c(N2CCCCS2(=O)=O)c1. The highest BCUT2D eigenvalue weighted by atomic mass is 35.5. The van der Waals surface area contributed by atoms with Crippen LogP contribution in [0, 0.1) is 0 Å². The van der Waals surface area contributed by atoms with Crippen LogP contribution in [0.25, 0.3) is 10.9 Å². The van der Waals surface area contributed by atoms with Crippen molar-refractivity contribution in [3.63, 3.8) is 0 Å². The molecule has 0 bridgehead atoms. The number of amides is 1. The van der Waals surface area contributed by atoms with Crippen LogP contribution in [0.15, 0.2) is 42.5 Å². The van der Waals surface area contributed by atoms with E-state index in [0.29, 0.717) is 29.2 Å². The number of anilines is 1. The molecule has 3 aromatic rings. The molecule has 1 unspecified atom stereocenters. The van der Waals surface area contributed by atoms with Crippen LogP contribution in [-0.4, -0.2) is 31.6 Å². The molecule has 1 atom stereocenters. The number of aryl methyl sites for hydroxylation is 1. The van der Waals surface area contributed by atoms with Gasteiger partial charge in [-0.3, -0.25) is 9.10 Å². The number of sulfonamides is 1. The molecule has 1 fully saturated rings. The van der Waals surface area contributed by atoms with E-state index in [1.807, 2.05) is 12.1 Å². The standard InChI is InChI=1S/C23H24ClN3O3S/c24-18-11-10-15(14-21(18)27-12-3-4-13-31(27,29)30)23(28)26-20-9-5-7-17-16-6-1-2-8-19(16)25-22(17)20/h1-2,6,8,10-11,14,20,25H,3-5,7,9,12-13H2,(H,26,28). The predicted molar refractivity (Wildman–Crippen MR) is 123 cm³/mol. The predicted octanol–water partition coefficient (Wildman–Crippen LogP) is 4.56. The van der Waals surface area contributed by atoms with Crippen LogP contribution in [0.4, 0.5) is 5.69 Å². The molecule has 0 saturated carbocycles. The Balaban J connectivity index is 1.43. The maximum Gasteiger partial charge on any atom is 0.251 e. The van der Waals surface area contributed by atoms with Crippen LogP contribution < -0.4 is 9.62 Å². The minimum atomic E-state index is -3.41. The van der Waals surface area contributed by atoms with E-state index in [2.05, 4.69) is 22.4 Å². The molecule has 2 aromatic carbocycles. The van der Waals surface area contributed by atoms with E-state index in [0.717, 1.165) is 36.9 Å². The molecule has 1 saturated heterocycles.